The molecule has 0 saturated carbocycles. The summed E-state index contributed by atoms with van der Waals surface area (Å²) in [4.78, 5) is 21.8. The minimum atomic E-state index is -3.64. The zero-order valence-electron chi connectivity index (χ0n) is 19.6. The van der Waals surface area contributed by atoms with Crippen molar-refractivity contribution < 1.29 is 17.9 Å². The summed E-state index contributed by atoms with van der Waals surface area (Å²) in [6.45, 7) is 10.4. The predicted octanol–water partition coefficient (Wildman–Crippen LogP) is 2.74. The molecule has 36 heavy (non-hydrogen) atoms. The summed E-state index contributed by atoms with van der Waals surface area (Å²) >= 11 is 0. The number of amides is 1. The molecule has 2 aliphatic heterocycles. The third-order valence-electron chi connectivity index (χ3n) is 6.18. The maximum Gasteiger partial charge on any atom is 0.268 e. The fraction of sp³-hybridized carbons (Fsp3) is 0.240. The van der Waals surface area contributed by atoms with Gasteiger partial charge in [0.2, 0.25) is 16.0 Å². The lowest BCUT2D eigenvalue weighted by Crippen LogP contribution is -2.40. The zero-order valence-corrected chi connectivity index (χ0v) is 20.4. The highest BCUT2D eigenvalue weighted by Gasteiger charge is 2.29. The van der Waals surface area contributed by atoms with E-state index in [-0.39, 0.29) is 16.8 Å². The van der Waals surface area contributed by atoms with Crippen molar-refractivity contribution in [1.82, 2.24) is 24.2 Å². The molecular weight excluding hydrogens is 480 g/mol. The average molecular weight is 507 g/mol. The number of fused-ring (bicyclic) bond motifs is 1. The number of nitrogens with one attached hydrogen (secondary N) is 2. The van der Waals surface area contributed by atoms with Crippen LogP contribution in [0, 0.1) is 0 Å². The molecule has 0 spiro atoms. The van der Waals surface area contributed by atoms with Crippen LogP contribution in [0.3, 0.4) is 0 Å². The first-order valence-electron chi connectivity index (χ1n) is 11.5. The number of hydrogen-bond donors (Lipinski definition) is 2. The third kappa shape index (κ3) is 4.21. The van der Waals surface area contributed by atoms with Crippen LogP contribution >= 0.6 is 0 Å². The van der Waals surface area contributed by atoms with Gasteiger partial charge in [-0.1, -0.05) is 25.3 Å². The molecule has 0 aliphatic carbocycles. The second kappa shape index (κ2) is 9.69. The van der Waals surface area contributed by atoms with Gasteiger partial charge in [-0.15, -0.1) is 0 Å². The highest BCUT2D eigenvalue weighted by atomic mass is 32.2. The number of anilines is 2. The van der Waals surface area contributed by atoms with E-state index in [0.29, 0.717) is 62.0 Å². The van der Waals surface area contributed by atoms with Crippen molar-refractivity contribution in [2.75, 3.05) is 38.2 Å². The molecule has 186 valence electrons. The minimum absolute atomic E-state index is 0.170. The molecular formula is C25H26N6O4S. The summed E-state index contributed by atoms with van der Waals surface area (Å²) in [5, 5.41) is 5.98. The van der Waals surface area contributed by atoms with E-state index in [1.807, 2.05) is 4.57 Å². The van der Waals surface area contributed by atoms with Crippen molar-refractivity contribution in [3.63, 3.8) is 0 Å². The highest BCUT2D eigenvalue weighted by molar-refractivity contribution is 7.89. The lowest BCUT2D eigenvalue weighted by Gasteiger charge is -2.26. The van der Waals surface area contributed by atoms with Crippen LogP contribution in [-0.2, 0) is 21.3 Å². The van der Waals surface area contributed by atoms with Crippen LogP contribution < -0.4 is 10.6 Å². The van der Waals surface area contributed by atoms with Gasteiger partial charge in [0.25, 0.3) is 5.91 Å². The van der Waals surface area contributed by atoms with Gasteiger partial charge in [0.15, 0.2) is 0 Å². The Balaban J connectivity index is 1.49. The highest BCUT2D eigenvalue weighted by Crippen LogP contribution is 2.35. The second-order valence-electron chi connectivity index (χ2n) is 8.27. The standard InChI is InChI=1S/C25H26N6O4S/c1-3-19-22(21(4-2)31-11-10-26-24(32)23(19)31)20-8-9-27-25(29-20)28-17-6-5-7-18(16-17)36(33,34)30-12-14-35-15-13-30/h3-9,16H,1-2,10-15H2,(H,26,32)(H,27,28,29). The Morgan fingerprint density at radius 1 is 1.11 bits per heavy atom. The lowest BCUT2D eigenvalue weighted by atomic mass is 10.0. The Morgan fingerprint density at radius 2 is 1.92 bits per heavy atom. The van der Waals surface area contributed by atoms with Crippen molar-refractivity contribution in [2.45, 2.75) is 11.4 Å². The van der Waals surface area contributed by atoms with Crippen LogP contribution in [0.1, 0.15) is 21.7 Å². The van der Waals surface area contributed by atoms with Crippen molar-refractivity contribution in [3.05, 3.63) is 66.6 Å². The fourth-order valence-corrected chi connectivity index (χ4v) is 5.99. The fourth-order valence-electron chi connectivity index (χ4n) is 4.54. The molecule has 1 saturated heterocycles. The number of ether oxygens (including phenoxy) is 1. The lowest BCUT2D eigenvalue weighted by molar-refractivity contribution is 0.0730. The third-order valence-corrected chi connectivity index (χ3v) is 8.08. The molecule has 0 bridgehead atoms. The molecule has 1 aromatic carbocycles. The topological polar surface area (TPSA) is 118 Å². The number of aromatic nitrogens is 3. The average Bonchev–Trinajstić information content (AvgIpc) is 3.24. The molecule has 3 aromatic rings. The Hall–Kier alpha value is -3.80. The van der Waals surface area contributed by atoms with Crippen LogP contribution in [0.5, 0.6) is 0 Å². The van der Waals surface area contributed by atoms with Crippen LogP contribution in [-0.4, -0.2) is 66.0 Å². The molecule has 2 N–H and O–H groups in total. The van der Waals surface area contributed by atoms with Crippen molar-refractivity contribution >= 4 is 39.7 Å². The normalized spacial score (nSPS) is 16.2. The van der Waals surface area contributed by atoms with E-state index in [0.717, 1.165) is 11.3 Å². The van der Waals surface area contributed by atoms with Gasteiger partial charge in [0, 0.05) is 49.2 Å². The number of rotatable bonds is 7. The Morgan fingerprint density at radius 3 is 2.67 bits per heavy atom. The Kier molecular flexibility index (Phi) is 6.44. The smallest absolute Gasteiger partial charge is 0.268 e. The van der Waals surface area contributed by atoms with E-state index < -0.39 is 10.0 Å². The largest absolute Gasteiger partial charge is 0.379 e. The van der Waals surface area contributed by atoms with Gasteiger partial charge in [-0.3, -0.25) is 4.79 Å². The number of nitrogens with zero attached hydrogens (tertiary/aromatic N) is 4. The SMILES string of the molecule is C=Cc1c(-c2ccnc(Nc3cccc(S(=O)(=O)N4CCOCC4)c3)n2)c(C=C)n2c1C(=O)NCC2. The van der Waals surface area contributed by atoms with Gasteiger partial charge < -0.3 is 19.9 Å². The zero-order chi connectivity index (χ0) is 25.3. The van der Waals surface area contributed by atoms with Gasteiger partial charge >= 0.3 is 0 Å². The second-order valence-corrected chi connectivity index (χ2v) is 10.2. The van der Waals surface area contributed by atoms with Gasteiger partial charge in [-0.05, 0) is 30.3 Å². The molecule has 5 rings (SSSR count). The molecule has 10 nitrogen and oxygen atoms in total. The maximum atomic E-state index is 13.1. The van der Waals surface area contributed by atoms with Gasteiger partial charge in [-0.2, -0.15) is 4.31 Å². The summed E-state index contributed by atoms with van der Waals surface area (Å²) in [6, 6.07) is 8.30. The molecule has 2 aromatic heterocycles. The molecule has 2 aliphatic rings. The number of morpholine rings is 1. The van der Waals surface area contributed by atoms with Crippen molar-refractivity contribution in [3.8, 4) is 11.3 Å². The predicted molar refractivity (Wildman–Crippen MR) is 137 cm³/mol. The van der Waals surface area contributed by atoms with Gasteiger partial charge in [-0.25, -0.2) is 18.4 Å². The minimum Gasteiger partial charge on any atom is -0.379 e. The van der Waals surface area contributed by atoms with Gasteiger partial charge in [0.05, 0.1) is 29.5 Å². The molecule has 4 heterocycles. The first-order valence-corrected chi connectivity index (χ1v) is 13.0. The Bertz CT molecular complexity index is 1460. The molecule has 11 heteroatoms. The van der Waals surface area contributed by atoms with E-state index in [2.05, 4.69) is 33.8 Å². The van der Waals surface area contributed by atoms with E-state index in [4.69, 9.17) is 4.74 Å². The van der Waals surface area contributed by atoms with Crippen LogP contribution in [0.25, 0.3) is 23.4 Å². The maximum absolute atomic E-state index is 13.1. The molecule has 1 fully saturated rings. The number of sulfonamides is 1. The van der Waals surface area contributed by atoms with E-state index >= 15 is 0 Å². The number of carbonyl (C=O) groups excluding carboxylic acids is 1. The first-order chi connectivity index (χ1) is 17.4. The first kappa shape index (κ1) is 23.9. The number of carbonyl (C=O) groups is 1. The summed E-state index contributed by atoms with van der Waals surface area (Å²) in [5.41, 5.74) is 3.83. The molecule has 0 radical (unpaired) electrons. The molecule has 0 atom stereocenters. The van der Waals surface area contributed by atoms with E-state index in [1.165, 1.54) is 4.31 Å². The monoisotopic (exact) mass is 506 g/mol. The quantitative estimate of drug-likeness (QED) is 0.506. The van der Waals surface area contributed by atoms with E-state index in [1.54, 1.807) is 48.7 Å². The van der Waals surface area contributed by atoms with Gasteiger partial charge in [0.1, 0.15) is 5.69 Å². The van der Waals surface area contributed by atoms with Crippen LogP contribution in [0.2, 0.25) is 0 Å². The van der Waals surface area contributed by atoms with Crippen molar-refractivity contribution in [1.29, 1.82) is 0 Å². The number of hydrogen-bond acceptors (Lipinski definition) is 7. The van der Waals surface area contributed by atoms with Crippen LogP contribution in [0.4, 0.5) is 11.6 Å². The molecule has 1 amide bonds. The van der Waals surface area contributed by atoms with Crippen LogP contribution in [0.15, 0.2) is 54.6 Å². The molecule has 0 unspecified atom stereocenters. The summed E-state index contributed by atoms with van der Waals surface area (Å²) in [5.74, 6) is 0.114. The summed E-state index contributed by atoms with van der Waals surface area (Å²) in [7, 11) is -3.64. The van der Waals surface area contributed by atoms with Crippen molar-refractivity contribution in [2.24, 2.45) is 0 Å². The summed E-state index contributed by atoms with van der Waals surface area (Å²) in [6.07, 6.45) is 4.96. The summed E-state index contributed by atoms with van der Waals surface area (Å²) < 4.78 is 34.7. The number of benzene rings is 1. The van der Waals surface area contributed by atoms with E-state index in [9.17, 15) is 13.2 Å². The Labute approximate surface area is 209 Å².